The molecule has 1 saturated heterocycles. The molecule has 1 fully saturated rings. The summed E-state index contributed by atoms with van der Waals surface area (Å²) in [7, 11) is 0. The number of carbonyl (C=O) groups excluding carboxylic acids is 3. The van der Waals surface area contributed by atoms with E-state index in [2.05, 4.69) is 10.3 Å². The monoisotopic (exact) mass is 345 g/mol. The molecule has 0 unspecified atom stereocenters. The minimum absolute atomic E-state index is 0.143. The molecule has 0 radical (unpaired) electrons. The van der Waals surface area contributed by atoms with Crippen molar-refractivity contribution in [2.75, 3.05) is 13.1 Å². The molecule has 0 bridgehead atoms. The molecule has 3 rings (SSSR count). The topological polar surface area (TPSA) is 88.6 Å². The fraction of sp³-hybridized carbons (Fsp3) is 0.250. The zero-order chi connectivity index (χ0) is 17.1. The van der Waals surface area contributed by atoms with Crippen LogP contribution in [0.15, 0.2) is 35.7 Å². The van der Waals surface area contributed by atoms with Crippen molar-refractivity contribution in [3.8, 4) is 10.6 Å². The zero-order valence-corrected chi connectivity index (χ0v) is 13.7. The Morgan fingerprint density at radius 2 is 2.08 bits per heavy atom. The second kappa shape index (κ2) is 6.79. The molecule has 0 aliphatic carbocycles. The molecule has 1 aromatic carbocycles. The highest BCUT2D eigenvalue weighted by Crippen LogP contribution is 2.23. The van der Waals surface area contributed by atoms with Gasteiger partial charge in [0.15, 0.2) is 11.8 Å². The number of aromatic nitrogens is 1. The Bertz CT molecular complexity index is 775. The first-order chi connectivity index (χ1) is 11.6. The summed E-state index contributed by atoms with van der Waals surface area (Å²) in [5, 5.41) is 4.81. The molecule has 0 saturated carbocycles. The van der Waals surface area contributed by atoms with Gasteiger partial charge in [-0.1, -0.05) is 30.3 Å². The molecule has 7 nitrogen and oxygen atoms in total. The van der Waals surface area contributed by atoms with Crippen LogP contribution in [0.5, 0.6) is 0 Å². The van der Waals surface area contributed by atoms with E-state index >= 15 is 0 Å². The number of benzene rings is 1. The van der Waals surface area contributed by atoms with Crippen LogP contribution in [0.1, 0.15) is 17.4 Å². The van der Waals surface area contributed by atoms with Gasteiger partial charge in [-0.05, 0) is 6.92 Å². The fourth-order valence-corrected chi connectivity index (χ4v) is 3.05. The predicted molar refractivity (Wildman–Crippen MR) is 87.5 cm³/mol. The second-order valence-corrected chi connectivity index (χ2v) is 6.03. The molecule has 1 N–H and O–H groups in total. The van der Waals surface area contributed by atoms with Crippen LogP contribution in [0.25, 0.3) is 10.6 Å². The molecule has 2 heterocycles. The van der Waals surface area contributed by atoms with Crippen LogP contribution in [-0.4, -0.2) is 47.0 Å². The van der Waals surface area contributed by atoms with Gasteiger partial charge in [0.1, 0.15) is 5.01 Å². The SMILES string of the molecule is C[C@H](OC(=O)c1csc(-c2ccccc2)n1)C(=O)N1CCNC1=O. The summed E-state index contributed by atoms with van der Waals surface area (Å²) in [4.78, 5) is 41.0. The molecule has 0 spiro atoms. The summed E-state index contributed by atoms with van der Waals surface area (Å²) in [5.41, 5.74) is 1.05. The highest BCUT2D eigenvalue weighted by Gasteiger charge is 2.32. The van der Waals surface area contributed by atoms with E-state index in [1.54, 1.807) is 5.38 Å². The summed E-state index contributed by atoms with van der Waals surface area (Å²) < 4.78 is 5.14. The number of nitrogens with one attached hydrogen (secondary N) is 1. The smallest absolute Gasteiger partial charge is 0.358 e. The number of hydrogen-bond acceptors (Lipinski definition) is 6. The van der Waals surface area contributed by atoms with Crippen molar-refractivity contribution in [2.45, 2.75) is 13.0 Å². The highest BCUT2D eigenvalue weighted by molar-refractivity contribution is 7.13. The number of carbonyl (C=O) groups is 3. The van der Waals surface area contributed by atoms with E-state index in [0.717, 1.165) is 10.5 Å². The number of amides is 3. The first-order valence-electron chi connectivity index (χ1n) is 7.37. The van der Waals surface area contributed by atoms with Crippen molar-refractivity contribution < 1.29 is 19.1 Å². The number of urea groups is 1. The van der Waals surface area contributed by atoms with Gasteiger partial charge in [0.25, 0.3) is 5.91 Å². The van der Waals surface area contributed by atoms with E-state index in [1.165, 1.54) is 18.3 Å². The van der Waals surface area contributed by atoms with Crippen molar-refractivity contribution >= 4 is 29.2 Å². The van der Waals surface area contributed by atoms with E-state index in [4.69, 9.17) is 4.74 Å². The van der Waals surface area contributed by atoms with Crippen molar-refractivity contribution in [2.24, 2.45) is 0 Å². The van der Waals surface area contributed by atoms with Crippen LogP contribution in [0.2, 0.25) is 0 Å². The first kappa shape index (κ1) is 16.1. The molecule has 8 heteroatoms. The van der Waals surface area contributed by atoms with Gasteiger partial charge >= 0.3 is 12.0 Å². The van der Waals surface area contributed by atoms with Crippen LogP contribution in [0, 0.1) is 0 Å². The van der Waals surface area contributed by atoms with Crippen LogP contribution >= 0.6 is 11.3 Å². The normalized spacial score (nSPS) is 15.0. The lowest BCUT2D eigenvalue weighted by Crippen LogP contribution is -2.41. The Balaban J connectivity index is 1.66. The zero-order valence-electron chi connectivity index (χ0n) is 12.9. The van der Waals surface area contributed by atoms with Gasteiger partial charge in [0.05, 0.1) is 0 Å². The van der Waals surface area contributed by atoms with Gasteiger partial charge in [-0.15, -0.1) is 11.3 Å². The van der Waals surface area contributed by atoms with Gasteiger partial charge in [-0.25, -0.2) is 14.6 Å². The molecule has 24 heavy (non-hydrogen) atoms. The van der Waals surface area contributed by atoms with Crippen molar-refractivity contribution in [1.29, 1.82) is 0 Å². The minimum atomic E-state index is -1.05. The largest absolute Gasteiger partial charge is 0.448 e. The standard InChI is InChI=1S/C16H15N3O4S/c1-10(14(20)19-8-7-17-16(19)22)23-15(21)12-9-24-13(18-12)11-5-3-2-4-6-11/h2-6,9-10H,7-8H2,1H3,(H,17,22)/t10-/m0/s1. The van der Waals surface area contributed by atoms with Gasteiger partial charge in [0.2, 0.25) is 0 Å². The third kappa shape index (κ3) is 3.28. The summed E-state index contributed by atoms with van der Waals surface area (Å²) in [6, 6.07) is 8.99. The third-order valence-corrected chi connectivity index (χ3v) is 4.38. The van der Waals surface area contributed by atoms with Crippen LogP contribution in [0.4, 0.5) is 4.79 Å². The average molecular weight is 345 g/mol. The Kier molecular flexibility index (Phi) is 4.57. The average Bonchev–Trinajstić information content (AvgIpc) is 3.24. The van der Waals surface area contributed by atoms with Gasteiger partial charge in [-0.2, -0.15) is 0 Å². The molecule has 1 aromatic heterocycles. The lowest BCUT2D eigenvalue weighted by Gasteiger charge is -2.17. The number of esters is 1. The Morgan fingerprint density at radius 1 is 1.33 bits per heavy atom. The second-order valence-electron chi connectivity index (χ2n) is 5.17. The Labute approximate surface area is 142 Å². The molecule has 1 atom stereocenters. The predicted octanol–water partition coefficient (Wildman–Crippen LogP) is 1.91. The summed E-state index contributed by atoms with van der Waals surface area (Å²) >= 11 is 1.32. The lowest BCUT2D eigenvalue weighted by atomic mass is 10.2. The van der Waals surface area contributed by atoms with E-state index < -0.39 is 24.0 Å². The minimum Gasteiger partial charge on any atom is -0.448 e. The van der Waals surface area contributed by atoms with Gasteiger partial charge in [-0.3, -0.25) is 9.69 Å². The number of rotatable bonds is 4. The molecule has 2 aromatic rings. The van der Waals surface area contributed by atoms with Crippen molar-refractivity contribution in [1.82, 2.24) is 15.2 Å². The van der Waals surface area contributed by atoms with Crippen LogP contribution in [-0.2, 0) is 9.53 Å². The third-order valence-electron chi connectivity index (χ3n) is 3.49. The van der Waals surface area contributed by atoms with Gasteiger partial charge in [0, 0.05) is 24.0 Å². The van der Waals surface area contributed by atoms with Crippen LogP contribution in [0.3, 0.4) is 0 Å². The summed E-state index contributed by atoms with van der Waals surface area (Å²) in [5.74, 6) is -1.23. The number of nitrogens with zero attached hydrogens (tertiary/aromatic N) is 2. The molecule has 124 valence electrons. The summed E-state index contributed by atoms with van der Waals surface area (Å²) in [6.07, 6.45) is -1.05. The first-order valence-corrected chi connectivity index (χ1v) is 8.25. The maximum absolute atomic E-state index is 12.2. The maximum Gasteiger partial charge on any atom is 0.358 e. The number of hydrogen-bond donors (Lipinski definition) is 1. The van der Waals surface area contributed by atoms with E-state index in [1.807, 2.05) is 30.3 Å². The maximum atomic E-state index is 12.2. The molecule has 1 aliphatic rings. The molecule has 1 aliphatic heterocycles. The van der Waals surface area contributed by atoms with Crippen molar-refractivity contribution in [3.05, 3.63) is 41.4 Å². The summed E-state index contributed by atoms with van der Waals surface area (Å²) in [6.45, 7) is 2.11. The number of ether oxygens (including phenoxy) is 1. The Morgan fingerprint density at radius 3 is 2.75 bits per heavy atom. The number of thiazole rings is 1. The molecular formula is C16H15N3O4S. The van der Waals surface area contributed by atoms with E-state index in [0.29, 0.717) is 11.6 Å². The van der Waals surface area contributed by atoms with Crippen molar-refractivity contribution in [3.63, 3.8) is 0 Å². The quantitative estimate of drug-likeness (QED) is 0.855. The number of imide groups is 1. The lowest BCUT2D eigenvalue weighted by molar-refractivity contribution is -0.136. The van der Waals surface area contributed by atoms with E-state index in [9.17, 15) is 14.4 Å². The molecule has 3 amide bonds. The fourth-order valence-electron chi connectivity index (χ4n) is 2.25. The molecular weight excluding hydrogens is 330 g/mol. The van der Waals surface area contributed by atoms with E-state index in [-0.39, 0.29) is 12.2 Å². The van der Waals surface area contributed by atoms with Gasteiger partial charge < -0.3 is 10.1 Å². The van der Waals surface area contributed by atoms with Crippen LogP contribution < -0.4 is 5.32 Å². The Hall–Kier alpha value is -2.74. The highest BCUT2D eigenvalue weighted by atomic mass is 32.1.